The lowest BCUT2D eigenvalue weighted by Crippen LogP contribution is -2.52. The van der Waals surface area contributed by atoms with Crippen LogP contribution in [-0.2, 0) is 4.74 Å². The molecule has 4 rings (SSSR count). The second-order valence-corrected chi connectivity index (χ2v) is 8.23. The predicted molar refractivity (Wildman–Crippen MR) is 107 cm³/mol. The summed E-state index contributed by atoms with van der Waals surface area (Å²) in [6.45, 7) is 6.54. The first kappa shape index (κ1) is 18.5. The third-order valence-electron chi connectivity index (χ3n) is 4.50. The summed E-state index contributed by atoms with van der Waals surface area (Å²) in [5, 5.41) is 6.09. The number of ether oxygens (including phenoxy) is 1. The number of hydrogen-bond donors (Lipinski definition) is 1. The largest absolute Gasteiger partial charge is 0.444 e. The van der Waals surface area contributed by atoms with E-state index in [0.717, 1.165) is 5.56 Å². The fraction of sp³-hybridized carbons (Fsp3) is 0.368. The van der Waals surface area contributed by atoms with Gasteiger partial charge in [-0.25, -0.2) is 19.4 Å². The first-order valence-electron chi connectivity index (χ1n) is 8.95. The van der Waals surface area contributed by atoms with Crippen LogP contribution in [0.25, 0.3) is 22.3 Å². The topological polar surface area (TPSA) is 99.2 Å². The molecule has 1 fully saturated rings. The van der Waals surface area contributed by atoms with E-state index in [1.165, 1.54) is 6.33 Å². The summed E-state index contributed by atoms with van der Waals surface area (Å²) in [7, 11) is 0. The van der Waals surface area contributed by atoms with Crippen molar-refractivity contribution < 1.29 is 9.53 Å². The molecule has 0 unspecified atom stereocenters. The van der Waals surface area contributed by atoms with Crippen molar-refractivity contribution in [3.63, 3.8) is 0 Å². The second-order valence-electron chi connectivity index (χ2n) is 7.80. The molecular formula is C19H21ClN6O2. The van der Waals surface area contributed by atoms with Crippen molar-refractivity contribution in [3.05, 3.63) is 35.6 Å². The molecule has 1 amide bonds. The lowest BCUT2D eigenvalue weighted by Gasteiger charge is -2.39. The van der Waals surface area contributed by atoms with Gasteiger partial charge in [-0.2, -0.15) is 5.10 Å². The number of likely N-dealkylation sites (tertiary alicyclic amines) is 1. The Kier molecular flexibility index (Phi) is 4.38. The van der Waals surface area contributed by atoms with E-state index in [9.17, 15) is 4.79 Å². The number of nitrogens with two attached hydrogens (primary N) is 1. The van der Waals surface area contributed by atoms with Crippen molar-refractivity contribution in [1.29, 1.82) is 0 Å². The van der Waals surface area contributed by atoms with Gasteiger partial charge in [-0.05, 0) is 32.9 Å². The van der Waals surface area contributed by atoms with Crippen molar-refractivity contribution in [3.8, 4) is 11.3 Å². The number of amides is 1. The Morgan fingerprint density at radius 1 is 1.21 bits per heavy atom. The first-order chi connectivity index (χ1) is 13.2. The van der Waals surface area contributed by atoms with Crippen molar-refractivity contribution in [2.24, 2.45) is 0 Å². The summed E-state index contributed by atoms with van der Waals surface area (Å²) < 4.78 is 7.24. The minimum atomic E-state index is -0.524. The fourth-order valence-corrected chi connectivity index (χ4v) is 3.27. The number of anilines is 1. The van der Waals surface area contributed by atoms with Crippen LogP contribution in [0.15, 0.2) is 30.6 Å². The van der Waals surface area contributed by atoms with Crippen LogP contribution in [0.4, 0.5) is 10.6 Å². The molecule has 0 saturated carbocycles. The van der Waals surface area contributed by atoms with E-state index in [2.05, 4.69) is 9.97 Å². The van der Waals surface area contributed by atoms with Crippen LogP contribution in [0.1, 0.15) is 26.8 Å². The molecule has 1 aromatic carbocycles. The monoisotopic (exact) mass is 400 g/mol. The van der Waals surface area contributed by atoms with Gasteiger partial charge in [-0.3, -0.25) is 0 Å². The van der Waals surface area contributed by atoms with Crippen LogP contribution in [0.5, 0.6) is 0 Å². The summed E-state index contributed by atoms with van der Waals surface area (Å²) in [5.41, 5.74) is 7.82. The molecule has 28 heavy (non-hydrogen) atoms. The molecule has 146 valence electrons. The summed E-state index contributed by atoms with van der Waals surface area (Å²) in [6, 6.07) is 7.36. The van der Waals surface area contributed by atoms with Gasteiger partial charge < -0.3 is 15.4 Å². The summed E-state index contributed by atoms with van der Waals surface area (Å²) >= 11 is 6.00. The van der Waals surface area contributed by atoms with Gasteiger partial charge in [0.1, 0.15) is 23.4 Å². The van der Waals surface area contributed by atoms with E-state index >= 15 is 0 Å². The number of halogens is 1. The third-order valence-corrected chi connectivity index (χ3v) is 4.75. The predicted octanol–water partition coefficient (Wildman–Crippen LogP) is 3.52. The zero-order valence-corrected chi connectivity index (χ0v) is 16.6. The van der Waals surface area contributed by atoms with E-state index in [1.54, 1.807) is 17.0 Å². The van der Waals surface area contributed by atoms with E-state index in [-0.39, 0.29) is 12.1 Å². The molecular weight excluding hydrogens is 380 g/mol. The van der Waals surface area contributed by atoms with Crippen molar-refractivity contribution in [2.45, 2.75) is 32.4 Å². The van der Waals surface area contributed by atoms with E-state index < -0.39 is 5.60 Å². The second kappa shape index (κ2) is 6.63. The Morgan fingerprint density at radius 3 is 2.54 bits per heavy atom. The highest BCUT2D eigenvalue weighted by atomic mass is 35.5. The number of rotatable bonds is 2. The Labute approximate surface area is 167 Å². The summed E-state index contributed by atoms with van der Waals surface area (Å²) in [5.74, 6) is 0.365. The quantitative estimate of drug-likeness (QED) is 0.706. The van der Waals surface area contributed by atoms with Gasteiger partial charge in [-0.15, -0.1) is 0 Å². The molecule has 1 aliphatic rings. The number of benzene rings is 1. The molecule has 0 radical (unpaired) electrons. The molecule has 2 N–H and O–H groups in total. The molecule has 0 atom stereocenters. The molecule has 0 aliphatic carbocycles. The Bertz CT molecular complexity index is 1030. The van der Waals surface area contributed by atoms with Gasteiger partial charge in [0, 0.05) is 23.7 Å². The Hall–Kier alpha value is -2.87. The molecule has 0 bridgehead atoms. The number of fused-ring (bicyclic) bond motifs is 1. The number of carbonyl (C=O) groups excluding carboxylic acids is 1. The van der Waals surface area contributed by atoms with Crippen LogP contribution in [0.2, 0.25) is 5.02 Å². The maximum absolute atomic E-state index is 12.2. The molecule has 2 aromatic heterocycles. The average Bonchev–Trinajstić information content (AvgIpc) is 2.93. The molecule has 0 spiro atoms. The van der Waals surface area contributed by atoms with Crippen molar-refractivity contribution in [1.82, 2.24) is 24.6 Å². The molecule has 3 aromatic rings. The van der Waals surface area contributed by atoms with Crippen molar-refractivity contribution in [2.75, 3.05) is 18.8 Å². The van der Waals surface area contributed by atoms with E-state index in [1.807, 2.05) is 37.6 Å². The Balaban J connectivity index is 1.65. The van der Waals surface area contributed by atoms with Crippen LogP contribution in [-0.4, -0.2) is 49.4 Å². The molecule has 8 nitrogen and oxygen atoms in total. The number of hydrogen-bond acceptors (Lipinski definition) is 6. The summed E-state index contributed by atoms with van der Waals surface area (Å²) in [6.07, 6.45) is 1.10. The van der Waals surface area contributed by atoms with E-state index in [0.29, 0.717) is 40.7 Å². The average molecular weight is 401 g/mol. The zero-order valence-electron chi connectivity index (χ0n) is 15.9. The molecule has 1 saturated heterocycles. The fourth-order valence-electron chi connectivity index (χ4n) is 3.15. The highest BCUT2D eigenvalue weighted by Crippen LogP contribution is 2.34. The van der Waals surface area contributed by atoms with Crippen LogP contribution >= 0.6 is 11.6 Å². The van der Waals surface area contributed by atoms with Gasteiger partial charge in [0.25, 0.3) is 0 Å². The standard InChI is InChI=1S/C19H21ClN6O2/c1-19(2,3)28-18(27)25-8-13(9-25)26-17-14(16(21)22-10-23-17)15(24-26)11-4-6-12(20)7-5-11/h4-7,10,13H,8-9H2,1-3H3,(H2,21,22,23). The maximum Gasteiger partial charge on any atom is 0.410 e. The van der Waals surface area contributed by atoms with Gasteiger partial charge in [0.15, 0.2) is 5.65 Å². The first-order valence-corrected chi connectivity index (χ1v) is 9.33. The molecule has 9 heteroatoms. The molecule has 1 aliphatic heterocycles. The molecule has 3 heterocycles. The number of nitrogen functional groups attached to an aromatic ring is 1. The van der Waals surface area contributed by atoms with Crippen LogP contribution in [0, 0.1) is 0 Å². The third kappa shape index (κ3) is 3.35. The number of carbonyl (C=O) groups is 1. The van der Waals surface area contributed by atoms with Gasteiger partial charge in [0.05, 0.1) is 11.4 Å². The maximum atomic E-state index is 12.2. The number of aromatic nitrogens is 4. The van der Waals surface area contributed by atoms with Gasteiger partial charge >= 0.3 is 6.09 Å². The van der Waals surface area contributed by atoms with Gasteiger partial charge in [-0.1, -0.05) is 23.7 Å². The lowest BCUT2D eigenvalue weighted by molar-refractivity contribution is 0.000116. The SMILES string of the molecule is CC(C)(C)OC(=O)N1CC(n2nc(-c3ccc(Cl)cc3)c3c(N)ncnc32)C1. The lowest BCUT2D eigenvalue weighted by atomic mass is 10.1. The minimum absolute atomic E-state index is 0.00892. The Morgan fingerprint density at radius 2 is 1.89 bits per heavy atom. The smallest absolute Gasteiger partial charge is 0.410 e. The number of nitrogens with zero attached hydrogens (tertiary/aromatic N) is 5. The van der Waals surface area contributed by atoms with Gasteiger partial charge in [0.2, 0.25) is 0 Å². The van der Waals surface area contributed by atoms with Crippen molar-refractivity contribution >= 4 is 34.5 Å². The highest BCUT2D eigenvalue weighted by Gasteiger charge is 2.37. The summed E-state index contributed by atoms with van der Waals surface area (Å²) in [4.78, 5) is 22.4. The van der Waals surface area contributed by atoms with Crippen LogP contribution < -0.4 is 5.73 Å². The zero-order chi connectivity index (χ0) is 20.1. The van der Waals surface area contributed by atoms with E-state index in [4.69, 9.17) is 27.2 Å². The minimum Gasteiger partial charge on any atom is -0.444 e. The normalized spacial score (nSPS) is 14.9. The highest BCUT2D eigenvalue weighted by molar-refractivity contribution is 6.30. The van der Waals surface area contributed by atoms with Crippen LogP contribution in [0.3, 0.4) is 0 Å².